The Morgan fingerprint density at radius 1 is 1.50 bits per heavy atom. The van der Waals surface area contributed by atoms with Crippen molar-refractivity contribution in [2.75, 3.05) is 20.3 Å². The Labute approximate surface area is 151 Å². The second-order valence-electron chi connectivity index (χ2n) is 5.70. The third-order valence-corrected chi connectivity index (χ3v) is 4.45. The predicted molar refractivity (Wildman–Crippen MR) is 93.3 cm³/mol. The lowest BCUT2D eigenvalue weighted by Gasteiger charge is -2.30. The van der Waals surface area contributed by atoms with E-state index in [-0.39, 0.29) is 36.5 Å². The molecule has 0 aliphatic carbocycles. The Kier molecular flexibility index (Phi) is 7.89. The number of amides is 1. The fraction of sp³-hybridized carbons (Fsp3) is 0.533. The number of halogens is 2. The molecule has 1 fully saturated rings. The molecule has 1 aromatic rings. The molecule has 0 bridgehead atoms. The number of rotatable bonds is 5. The summed E-state index contributed by atoms with van der Waals surface area (Å²) < 4.78 is 5.28. The van der Waals surface area contributed by atoms with Crippen molar-refractivity contribution in [3.05, 3.63) is 38.9 Å². The predicted octanol–water partition coefficient (Wildman–Crippen LogP) is 2.38. The second kappa shape index (κ2) is 9.17. The zero-order valence-corrected chi connectivity index (χ0v) is 14.9. The van der Waals surface area contributed by atoms with Gasteiger partial charge in [0.25, 0.3) is 5.69 Å². The highest BCUT2D eigenvalue weighted by Gasteiger charge is 2.29. The number of carbonyl (C=O) groups is 1. The van der Waals surface area contributed by atoms with Crippen molar-refractivity contribution in [3.8, 4) is 0 Å². The molecule has 1 saturated heterocycles. The molecular formula is C15H21Cl2N3O4. The van der Waals surface area contributed by atoms with Crippen LogP contribution in [-0.2, 0) is 16.1 Å². The molecule has 24 heavy (non-hydrogen) atoms. The number of likely N-dealkylation sites (N-methyl/N-ethyl adjacent to an activating group) is 1. The molecular weight excluding hydrogens is 357 g/mol. The molecule has 7 nitrogen and oxygen atoms in total. The highest BCUT2D eigenvalue weighted by molar-refractivity contribution is 6.31. The number of hydrogen-bond acceptors (Lipinski definition) is 5. The van der Waals surface area contributed by atoms with E-state index in [0.29, 0.717) is 23.8 Å². The Hall–Kier alpha value is -1.41. The normalized spacial score (nSPS) is 16.1. The smallest absolute Gasteiger partial charge is 0.269 e. The number of nitrogens with zero attached hydrogens (tertiary/aromatic N) is 2. The molecule has 2 rings (SSSR count). The van der Waals surface area contributed by atoms with Gasteiger partial charge in [-0.25, -0.2) is 0 Å². The van der Waals surface area contributed by atoms with Crippen molar-refractivity contribution in [2.24, 2.45) is 11.7 Å². The van der Waals surface area contributed by atoms with Gasteiger partial charge in [-0.15, -0.1) is 12.4 Å². The van der Waals surface area contributed by atoms with Gasteiger partial charge in [0.1, 0.15) is 0 Å². The Morgan fingerprint density at radius 3 is 2.71 bits per heavy atom. The molecule has 0 radical (unpaired) electrons. The summed E-state index contributed by atoms with van der Waals surface area (Å²) in [6.07, 6.45) is 1.52. The van der Waals surface area contributed by atoms with Crippen molar-refractivity contribution < 1.29 is 14.5 Å². The summed E-state index contributed by atoms with van der Waals surface area (Å²) in [6.45, 7) is 1.41. The lowest BCUT2D eigenvalue weighted by Crippen LogP contribution is -2.47. The van der Waals surface area contributed by atoms with Gasteiger partial charge in [0, 0.05) is 44.0 Å². The fourth-order valence-corrected chi connectivity index (χ4v) is 2.84. The van der Waals surface area contributed by atoms with Crippen LogP contribution in [0.1, 0.15) is 18.4 Å². The number of ether oxygens (including phenoxy) is 1. The summed E-state index contributed by atoms with van der Waals surface area (Å²) in [5.41, 5.74) is 6.54. The molecule has 0 spiro atoms. The summed E-state index contributed by atoms with van der Waals surface area (Å²) in [7, 11) is 1.62. The first-order valence-electron chi connectivity index (χ1n) is 7.41. The maximum absolute atomic E-state index is 12.5. The molecule has 1 heterocycles. The molecule has 9 heteroatoms. The third kappa shape index (κ3) is 5.04. The van der Waals surface area contributed by atoms with Gasteiger partial charge < -0.3 is 15.4 Å². The molecule has 134 valence electrons. The average Bonchev–Trinajstić information content (AvgIpc) is 2.56. The van der Waals surface area contributed by atoms with Crippen molar-refractivity contribution >= 4 is 35.6 Å². The van der Waals surface area contributed by atoms with Crippen LogP contribution in [0.25, 0.3) is 0 Å². The van der Waals surface area contributed by atoms with E-state index in [9.17, 15) is 14.9 Å². The zero-order chi connectivity index (χ0) is 17.0. The number of carbonyl (C=O) groups excluding carboxylic acids is 1. The minimum atomic E-state index is -0.596. The third-order valence-electron chi connectivity index (χ3n) is 4.08. The van der Waals surface area contributed by atoms with Gasteiger partial charge >= 0.3 is 0 Å². The van der Waals surface area contributed by atoms with Crippen LogP contribution in [0.4, 0.5) is 5.69 Å². The van der Waals surface area contributed by atoms with E-state index >= 15 is 0 Å². The zero-order valence-electron chi connectivity index (χ0n) is 13.3. The molecule has 2 N–H and O–H groups in total. The maximum Gasteiger partial charge on any atom is 0.269 e. The molecule has 0 saturated carbocycles. The first-order valence-corrected chi connectivity index (χ1v) is 7.79. The lowest BCUT2D eigenvalue weighted by atomic mass is 9.91. The number of nitro benzene ring substituents is 1. The molecule has 0 aromatic heterocycles. The van der Waals surface area contributed by atoms with Gasteiger partial charge in [0.15, 0.2) is 0 Å². The molecule has 1 aliphatic heterocycles. The summed E-state index contributed by atoms with van der Waals surface area (Å²) in [4.78, 5) is 24.3. The molecule has 1 amide bonds. The highest BCUT2D eigenvalue weighted by Crippen LogP contribution is 2.24. The topological polar surface area (TPSA) is 98.7 Å². The summed E-state index contributed by atoms with van der Waals surface area (Å²) >= 11 is 6.07. The quantitative estimate of drug-likeness (QED) is 0.627. The van der Waals surface area contributed by atoms with E-state index < -0.39 is 11.0 Å². The van der Waals surface area contributed by atoms with E-state index in [1.54, 1.807) is 7.05 Å². The number of hydrogen-bond donors (Lipinski definition) is 1. The Bertz CT molecular complexity index is 594. The molecule has 1 atom stereocenters. The molecule has 1 aromatic carbocycles. The van der Waals surface area contributed by atoms with E-state index in [0.717, 1.165) is 12.8 Å². The number of benzene rings is 1. The first-order chi connectivity index (χ1) is 10.9. The van der Waals surface area contributed by atoms with Gasteiger partial charge in [-0.3, -0.25) is 14.9 Å². The van der Waals surface area contributed by atoms with Crippen LogP contribution in [-0.4, -0.2) is 42.0 Å². The van der Waals surface area contributed by atoms with Crippen LogP contribution in [0.2, 0.25) is 5.02 Å². The van der Waals surface area contributed by atoms with Gasteiger partial charge in [-0.2, -0.15) is 0 Å². The van der Waals surface area contributed by atoms with E-state index in [1.165, 1.54) is 23.1 Å². The van der Waals surface area contributed by atoms with Gasteiger partial charge in [0.05, 0.1) is 11.0 Å². The van der Waals surface area contributed by atoms with Crippen molar-refractivity contribution in [3.63, 3.8) is 0 Å². The van der Waals surface area contributed by atoms with E-state index in [2.05, 4.69) is 0 Å². The van der Waals surface area contributed by atoms with Crippen LogP contribution >= 0.6 is 24.0 Å². The van der Waals surface area contributed by atoms with E-state index in [1.807, 2.05) is 0 Å². The van der Waals surface area contributed by atoms with Crippen LogP contribution in [0.5, 0.6) is 0 Å². The van der Waals surface area contributed by atoms with Crippen molar-refractivity contribution in [1.82, 2.24) is 4.90 Å². The van der Waals surface area contributed by atoms with Gasteiger partial charge in [-0.1, -0.05) is 11.6 Å². The number of non-ortho nitro benzene ring substituents is 1. The largest absolute Gasteiger partial charge is 0.381 e. The van der Waals surface area contributed by atoms with Crippen molar-refractivity contribution in [1.29, 1.82) is 0 Å². The van der Waals surface area contributed by atoms with Gasteiger partial charge in [-0.05, 0) is 30.4 Å². The SMILES string of the molecule is CN(Cc1cc([N+](=O)[O-])ccc1Cl)C(=O)C(N)C1CCOCC1.Cl. The van der Waals surface area contributed by atoms with Crippen LogP contribution in [0.15, 0.2) is 18.2 Å². The second-order valence-corrected chi connectivity index (χ2v) is 6.11. The number of nitro groups is 1. The van der Waals surface area contributed by atoms with E-state index in [4.69, 9.17) is 22.1 Å². The Morgan fingerprint density at radius 2 is 2.12 bits per heavy atom. The molecule has 1 unspecified atom stereocenters. The standard InChI is InChI=1S/C15H20ClN3O4.ClH/c1-18(15(20)14(17)10-4-6-23-7-5-10)9-11-8-12(19(21)22)2-3-13(11)16;/h2-3,8,10,14H,4-7,9,17H2,1H3;1H. The van der Waals surface area contributed by atoms with Crippen LogP contribution < -0.4 is 5.73 Å². The summed E-state index contributed by atoms with van der Waals surface area (Å²) in [6, 6.07) is 3.58. The Balaban J connectivity index is 0.00000288. The minimum absolute atomic E-state index is 0. The molecule has 1 aliphatic rings. The average molecular weight is 378 g/mol. The maximum atomic E-state index is 12.5. The van der Waals surface area contributed by atoms with Crippen molar-refractivity contribution in [2.45, 2.75) is 25.4 Å². The van der Waals surface area contributed by atoms with Gasteiger partial charge in [0.2, 0.25) is 5.91 Å². The van der Waals surface area contributed by atoms with Crippen LogP contribution in [0, 0.1) is 16.0 Å². The fourth-order valence-electron chi connectivity index (χ4n) is 2.66. The lowest BCUT2D eigenvalue weighted by molar-refractivity contribution is -0.384. The summed E-state index contributed by atoms with van der Waals surface area (Å²) in [5.74, 6) is -0.0984. The summed E-state index contributed by atoms with van der Waals surface area (Å²) in [5, 5.41) is 11.2. The highest BCUT2D eigenvalue weighted by atomic mass is 35.5. The minimum Gasteiger partial charge on any atom is -0.381 e. The monoisotopic (exact) mass is 377 g/mol. The number of nitrogens with two attached hydrogens (primary N) is 1. The van der Waals surface area contributed by atoms with Crippen LogP contribution in [0.3, 0.4) is 0 Å². The first kappa shape index (κ1) is 20.6.